The quantitative estimate of drug-likeness (QED) is 0.689. The maximum atomic E-state index is 11.4. The molecule has 0 aromatic heterocycles. The van der Waals surface area contributed by atoms with Crippen LogP contribution in [0, 0.1) is 17.2 Å². The van der Waals surface area contributed by atoms with Crippen LogP contribution in [0.15, 0.2) is 0 Å². The molecule has 1 saturated carbocycles. The van der Waals surface area contributed by atoms with E-state index in [9.17, 15) is 9.59 Å². The lowest BCUT2D eigenvalue weighted by Crippen LogP contribution is -2.34. The van der Waals surface area contributed by atoms with Crippen molar-refractivity contribution < 1.29 is 14.7 Å². The van der Waals surface area contributed by atoms with Gasteiger partial charge in [-0.1, -0.05) is 0 Å². The normalized spacial score (nSPS) is 23.7. The van der Waals surface area contributed by atoms with E-state index in [2.05, 4.69) is 5.32 Å². The van der Waals surface area contributed by atoms with Gasteiger partial charge in [0, 0.05) is 6.04 Å². The molecule has 1 rings (SSSR count). The van der Waals surface area contributed by atoms with Gasteiger partial charge in [-0.05, 0) is 19.3 Å². The second-order valence-electron chi connectivity index (χ2n) is 3.76. The lowest BCUT2D eigenvalue weighted by molar-refractivity contribution is -0.141. The van der Waals surface area contributed by atoms with E-state index in [1.807, 2.05) is 6.07 Å². The molecule has 6 heteroatoms. The predicted molar refractivity (Wildman–Crippen MR) is 59.8 cm³/mol. The number of rotatable bonds is 5. The number of carbonyl (C=O) groups excluding carboxylic acids is 1. The molecule has 2 N–H and O–H groups in total. The van der Waals surface area contributed by atoms with E-state index >= 15 is 0 Å². The second kappa shape index (κ2) is 6.38. The van der Waals surface area contributed by atoms with Gasteiger partial charge in [0.1, 0.15) is 0 Å². The number of amides is 1. The average molecular weight is 242 g/mol. The first-order chi connectivity index (χ1) is 7.63. The van der Waals surface area contributed by atoms with Crippen LogP contribution in [0.3, 0.4) is 0 Å². The molecule has 1 fully saturated rings. The van der Waals surface area contributed by atoms with Crippen LogP contribution in [0.25, 0.3) is 0 Å². The fourth-order valence-electron chi connectivity index (χ4n) is 1.80. The number of carbonyl (C=O) groups is 2. The molecule has 88 valence electrons. The summed E-state index contributed by atoms with van der Waals surface area (Å²) in [6.45, 7) is 0. The first kappa shape index (κ1) is 12.8. The summed E-state index contributed by atoms with van der Waals surface area (Å²) in [6, 6.07) is 1.93. The topological polar surface area (TPSA) is 90.2 Å². The number of nitrogens with zero attached hydrogens (tertiary/aromatic N) is 1. The fraction of sp³-hybridized carbons (Fsp3) is 0.700. The maximum absolute atomic E-state index is 11.4. The van der Waals surface area contributed by atoms with Crippen molar-refractivity contribution in [1.82, 2.24) is 5.32 Å². The number of hydrogen-bond donors (Lipinski definition) is 2. The molecule has 0 spiro atoms. The van der Waals surface area contributed by atoms with Crippen LogP contribution in [0.4, 0.5) is 0 Å². The monoisotopic (exact) mass is 242 g/mol. The maximum Gasteiger partial charge on any atom is 0.306 e. The Morgan fingerprint density at radius 1 is 1.50 bits per heavy atom. The van der Waals surface area contributed by atoms with Crippen LogP contribution in [0.5, 0.6) is 0 Å². The van der Waals surface area contributed by atoms with Gasteiger partial charge >= 0.3 is 5.97 Å². The highest BCUT2D eigenvalue weighted by atomic mass is 32.2. The van der Waals surface area contributed by atoms with Crippen LogP contribution in [0.2, 0.25) is 0 Å². The lowest BCUT2D eigenvalue weighted by atomic mass is 10.1. The summed E-state index contributed by atoms with van der Waals surface area (Å²) in [6.07, 6.45) is 1.88. The van der Waals surface area contributed by atoms with Crippen LogP contribution in [-0.4, -0.2) is 34.5 Å². The third-order valence-electron chi connectivity index (χ3n) is 2.55. The van der Waals surface area contributed by atoms with E-state index in [1.165, 1.54) is 11.8 Å². The Bertz CT molecular complexity index is 314. The molecular formula is C10H14N2O3S. The Morgan fingerprint density at radius 2 is 2.25 bits per heavy atom. The summed E-state index contributed by atoms with van der Waals surface area (Å²) < 4.78 is 0. The Hall–Kier alpha value is -1.22. The lowest BCUT2D eigenvalue weighted by Gasteiger charge is -2.11. The summed E-state index contributed by atoms with van der Waals surface area (Å²) in [5, 5.41) is 19.9. The van der Waals surface area contributed by atoms with E-state index < -0.39 is 5.97 Å². The van der Waals surface area contributed by atoms with Crippen LogP contribution >= 0.6 is 11.8 Å². The number of nitriles is 1. The molecule has 0 aromatic rings. The number of hydrogen-bond acceptors (Lipinski definition) is 4. The van der Waals surface area contributed by atoms with E-state index in [-0.39, 0.29) is 23.6 Å². The van der Waals surface area contributed by atoms with Gasteiger partial charge in [-0.2, -0.15) is 5.26 Å². The molecule has 2 atom stereocenters. The first-order valence-corrected chi connectivity index (χ1v) is 6.25. The minimum Gasteiger partial charge on any atom is -0.481 e. The number of carboxylic acids is 1. The first-order valence-electron chi connectivity index (χ1n) is 5.10. The summed E-state index contributed by atoms with van der Waals surface area (Å²) in [5.74, 6) is -0.651. The zero-order valence-corrected chi connectivity index (χ0v) is 9.63. The minimum atomic E-state index is -0.782. The summed E-state index contributed by atoms with van der Waals surface area (Å²) in [5.41, 5.74) is 0. The van der Waals surface area contributed by atoms with Gasteiger partial charge in [0.2, 0.25) is 5.91 Å². The van der Waals surface area contributed by atoms with E-state index in [1.54, 1.807) is 0 Å². The average Bonchev–Trinajstić information content (AvgIpc) is 2.66. The van der Waals surface area contributed by atoms with E-state index in [0.29, 0.717) is 18.6 Å². The van der Waals surface area contributed by atoms with Crippen LogP contribution in [0.1, 0.15) is 19.3 Å². The standard InChI is InChI=1S/C10H14N2O3S/c11-3-4-16-6-9(13)12-8-2-1-7(5-8)10(14)15/h7-8H,1-2,4-6H2,(H,12,13)(H,14,15)/t7-,8+/m1/s1. The third kappa shape index (κ3) is 4.11. The predicted octanol–water partition coefficient (Wildman–Crippen LogP) is 0.613. The molecule has 0 radical (unpaired) electrons. The van der Waals surface area contributed by atoms with Gasteiger partial charge in [0.05, 0.1) is 23.5 Å². The summed E-state index contributed by atoms with van der Waals surface area (Å²) in [7, 11) is 0. The number of thioether (sulfide) groups is 1. The van der Waals surface area contributed by atoms with Gasteiger partial charge in [-0.15, -0.1) is 11.8 Å². The van der Waals surface area contributed by atoms with E-state index in [4.69, 9.17) is 10.4 Å². The molecule has 0 aliphatic heterocycles. The number of carboxylic acid groups (broad SMARTS) is 1. The van der Waals surface area contributed by atoms with Gasteiger partial charge in [-0.3, -0.25) is 9.59 Å². The van der Waals surface area contributed by atoms with Crippen molar-refractivity contribution in [2.75, 3.05) is 11.5 Å². The highest BCUT2D eigenvalue weighted by Gasteiger charge is 2.30. The van der Waals surface area contributed by atoms with Crippen molar-refractivity contribution >= 4 is 23.6 Å². The molecule has 0 aromatic carbocycles. The van der Waals surface area contributed by atoms with Crippen LogP contribution in [-0.2, 0) is 9.59 Å². The molecule has 16 heavy (non-hydrogen) atoms. The SMILES string of the molecule is N#CCSCC(=O)N[C@H]1CC[C@@H](C(=O)O)C1. The van der Waals surface area contributed by atoms with Crippen molar-refractivity contribution in [3.8, 4) is 6.07 Å². The van der Waals surface area contributed by atoms with Crippen molar-refractivity contribution in [3.63, 3.8) is 0 Å². The highest BCUT2D eigenvalue weighted by molar-refractivity contribution is 8.00. The second-order valence-corrected chi connectivity index (χ2v) is 4.75. The Balaban J connectivity index is 2.21. The molecule has 0 unspecified atom stereocenters. The van der Waals surface area contributed by atoms with Crippen molar-refractivity contribution in [2.24, 2.45) is 5.92 Å². The van der Waals surface area contributed by atoms with Gasteiger partial charge in [-0.25, -0.2) is 0 Å². The molecule has 1 aliphatic carbocycles. The van der Waals surface area contributed by atoms with E-state index in [0.717, 1.165) is 6.42 Å². The third-order valence-corrected chi connectivity index (χ3v) is 3.35. The zero-order valence-electron chi connectivity index (χ0n) is 8.81. The Labute approximate surface area is 98.2 Å². The van der Waals surface area contributed by atoms with Gasteiger partial charge in [0.25, 0.3) is 0 Å². The van der Waals surface area contributed by atoms with Crippen LogP contribution < -0.4 is 5.32 Å². The number of aliphatic carboxylic acids is 1. The molecule has 0 bridgehead atoms. The summed E-state index contributed by atoms with van der Waals surface area (Å²) in [4.78, 5) is 22.1. The van der Waals surface area contributed by atoms with Gasteiger partial charge in [0.15, 0.2) is 0 Å². The minimum absolute atomic E-state index is 0.0173. The summed E-state index contributed by atoms with van der Waals surface area (Å²) >= 11 is 1.26. The smallest absolute Gasteiger partial charge is 0.306 e. The molecule has 5 nitrogen and oxygen atoms in total. The highest BCUT2D eigenvalue weighted by Crippen LogP contribution is 2.25. The number of nitrogens with one attached hydrogen (secondary N) is 1. The van der Waals surface area contributed by atoms with Crippen molar-refractivity contribution in [2.45, 2.75) is 25.3 Å². The van der Waals surface area contributed by atoms with Crippen molar-refractivity contribution in [3.05, 3.63) is 0 Å². The Kier molecular flexibility index (Phi) is 5.12. The largest absolute Gasteiger partial charge is 0.481 e. The molecule has 0 heterocycles. The Morgan fingerprint density at radius 3 is 2.81 bits per heavy atom. The zero-order chi connectivity index (χ0) is 12.0. The molecule has 0 saturated heterocycles. The molecule has 1 amide bonds. The van der Waals surface area contributed by atoms with Gasteiger partial charge < -0.3 is 10.4 Å². The fourth-order valence-corrected chi connectivity index (χ4v) is 2.26. The molecular weight excluding hydrogens is 228 g/mol. The molecule has 1 aliphatic rings. The van der Waals surface area contributed by atoms with Crippen molar-refractivity contribution in [1.29, 1.82) is 5.26 Å².